The zero-order valence-corrected chi connectivity index (χ0v) is 15.7. The molecule has 3 unspecified atom stereocenters. The molecule has 0 spiro atoms. The summed E-state index contributed by atoms with van der Waals surface area (Å²) in [6, 6.07) is 6.69. The molecule has 5 heteroatoms. The average Bonchev–Trinajstić information content (AvgIpc) is 2.98. The van der Waals surface area contributed by atoms with Gasteiger partial charge in [-0.25, -0.2) is 0 Å². The van der Waals surface area contributed by atoms with Gasteiger partial charge >= 0.3 is 0 Å². The van der Waals surface area contributed by atoms with Gasteiger partial charge in [-0.15, -0.1) is 12.4 Å². The highest BCUT2D eigenvalue weighted by Crippen LogP contribution is 2.33. The third kappa shape index (κ3) is 4.04. The highest BCUT2D eigenvalue weighted by Gasteiger charge is 2.39. The summed E-state index contributed by atoms with van der Waals surface area (Å²) >= 11 is 0. The normalized spacial score (nSPS) is 25.5. The number of rotatable bonds is 4. The number of ether oxygens (including phenoxy) is 1. The lowest BCUT2D eigenvalue weighted by molar-refractivity contribution is -0.132. The fraction of sp³-hybridized carbons (Fsp3) is 0.632. The van der Waals surface area contributed by atoms with Crippen molar-refractivity contribution in [2.45, 2.75) is 57.7 Å². The Labute approximate surface area is 151 Å². The molecular weight excluding hydrogens is 324 g/mol. The summed E-state index contributed by atoms with van der Waals surface area (Å²) in [6.45, 7) is 2.69. The molecule has 1 aromatic rings. The molecule has 0 radical (unpaired) electrons. The zero-order valence-electron chi connectivity index (χ0n) is 14.9. The van der Waals surface area contributed by atoms with Crippen molar-refractivity contribution in [1.82, 2.24) is 10.2 Å². The van der Waals surface area contributed by atoms with Crippen LogP contribution in [-0.2, 0) is 11.3 Å². The van der Waals surface area contributed by atoms with E-state index in [1.807, 2.05) is 31.0 Å². The molecule has 1 amide bonds. The topological polar surface area (TPSA) is 41.6 Å². The molecule has 4 nitrogen and oxygen atoms in total. The summed E-state index contributed by atoms with van der Waals surface area (Å²) in [5, 5.41) is 3.58. The van der Waals surface area contributed by atoms with E-state index >= 15 is 0 Å². The minimum absolute atomic E-state index is 0. The molecule has 1 aromatic carbocycles. The fourth-order valence-electron chi connectivity index (χ4n) is 4.17. The molecule has 0 bridgehead atoms. The molecule has 2 aliphatic rings. The summed E-state index contributed by atoms with van der Waals surface area (Å²) in [6.07, 6.45) is 6.15. The molecule has 3 atom stereocenters. The van der Waals surface area contributed by atoms with Gasteiger partial charge in [-0.3, -0.25) is 4.79 Å². The fourth-order valence-corrected chi connectivity index (χ4v) is 4.17. The molecule has 1 aliphatic heterocycles. The first kappa shape index (κ1) is 19.1. The number of aryl methyl sites for hydroxylation is 1. The van der Waals surface area contributed by atoms with E-state index in [9.17, 15) is 4.79 Å². The maximum atomic E-state index is 12.7. The summed E-state index contributed by atoms with van der Waals surface area (Å²) in [7, 11) is 3.59. The maximum Gasteiger partial charge on any atom is 0.239 e. The second-order valence-electron chi connectivity index (χ2n) is 7.10. The Kier molecular flexibility index (Phi) is 6.53. The number of amides is 1. The van der Waals surface area contributed by atoms with Crippen LogP contribution in [0, 0.1) is 12.8 Å². The monoisotopic (exact) mass is 352 g/mol. The van der Waals surface area contributed by atoms with Crippen LogP contribution in [0.4, 0.5) is 0 Å². The smallest absolute Gasteiger partial charge is 0.239 e. The van der Waals surface area contributed by atoms with Crippen molar-refractivity contribution < 1.29 is 9.53 Å². The van der Waals surface area contributed by atoms with Crippen LogP contribution >= 0.6 is 12.4 Å². The quantitative estimate of drug-likeness (QED) is 0.903. The van der Waals surface area contributed by atoms with Gasteiger partial charge in [-0.05, 0) is 49.3 Å². The molecule has 1 heterocycles. The number of likely N-dealkylation sites (N-methyl/N-ethyl adjacent to an activating group) is 1. The van der Waals surface area contributed by atoms with E-state index < -0.39 is 0 Å². The molecule has 1 saturated carbocycles. The number of hydrogen-bond acceptors (Lipinski definition) is 3. The standard InChI is InChI=1S/C19H28N2O2.ClH/c1-13-10-14(8-9-18(13)23-3)12-21(2)19(22)17-11-15-6-4-5-7-16(15)20-17;/h8-10,15-17,20H,4-7,11-12H2,1-3H3;1H. The van der Waals surface area contributed by atoms with E-state index in [1.54, 1.807) is 7.11 Å². The van der Waals surface area contributed by atoms with Crippen LogP contribution in [0.15, 0.2) is 18.2 Å². The Morgan fingerprint density at radius 2 is 2.08 bits per heavy atom. The lowest BCUT2D eigenvalue weighted by Crippen LogP contribution is -2.43. The Hall–Kier alpha value is -1.26. The number of fused-ring (bicyclic) bond motifs is 1. The van der Waals surface area contributed by atoms with Crippen molar-refractivity contribution in [1.29, 1.82) is 0 Å². The third-order valence-electron chi connectivity index (χ3n) is 5.42. The van der Waals surface area contributed by atoms with Gasteiger partial charge in [0.1, 0.15) is 5.75 Å². The van der Waals surface area contributed by atoms with Gasteiger partial charge in [-0.2, -0.15) is 0 Å². The Morgan fingerprint density at radius 1 is 1.33 bits per heavy atom. The van der Waals surface area contributed by atoms with E-state index in [2.05, 4.69) is 11.4 Å². The Morgan fingerprint density at radius 3 is 2.75 bits per heavy atom. The molecule has 134 valence electrons. The molecule has 0 aromatic heterocycles. The van der Waals surface area contributed by atoms with Crippen LogP contribution < -0.4 is 10.1 Å². The van der Waals surface area contributed by atoms with E-state index in [-0.39, 0.29) is 24.4 Å². The van der Waals surface area contributed by atoms with Crippen LogP contribution in [0.5, 0.6) is 5.75 Å². The predicted molar refractivity (Wildman–Crippen MR) is 98.7 cm³/mol. The number of nitrogens with zero attached hydrogens (tertiary/aromatic N) is 1. The summed E-state index contributed by atoms with van der Waals surface area (Å²) in [5.41, 5.74) is 2.26. The van der Waals surface area contributed by atoms with E-state index in [0.29, 0.717) is 18.5 Å². The van der Waals surface area contributed by atoms with E-state index in [0.717, 1.165) is 23.3 Å². The first-order valence-corrected chi connectivity index (χ1v) is 8.73. The van der Waals surface area contributed by atoms with Crippen molar-refractivity contribution in [3.05, 3.63) is 29.3 Å². The van der Waals surface area contributed by atoms with Crippen LogP contribution in [0.25, 0.3) is 0 Å². The van der Waals surface area contributed by atoms with Crippen LogP contribution in [0.2, 0.25) is 0 Å². The molecule has 2 fully saturated rings. The number of halogens is 1. The van der Waals surface area contributed by atoms with E-state index in [4.69, 9.17) is 4.74 Å². The van der Waals surface area contributed by atoms with Crippen molar-refractivity contribution >= 4 is 18.3 Å². The molecule has 1 N–H and O–H groups in total. The minimum atomic E-state index is 0. The van der Waals surface area contributed by atoms with Crippen molar-refractivity contribution in [2.75, 3.05) is 14.2 Å². The number of nitrogens with one attached hydrogen (secondary N) is 1. The SMILES string of the molecule is COc1ccc(CN(C)C(=O)C2CC3CCCCC3N2)cc1C.Cl. The molecule has 1 saturated heterocycles. The number of carbonyl (C=O) groups is 1. The highest BCUT2D eigenvalue weighted by atomic mass is 35.5. The number of methoxy groups -OCH3 is 1. The van der Waals surface area contributed by atoms with Crippen LogP contribution in [0.3, 0.4) is 0 Å². The molecule has 24 heavy (non-hydrogen) atoms. The largest absolute Gasteiger partial charge is 0.496 e. The van der Waals surface area contributed by atoms with Crippen LogP contribution in [-0.4, -0.2) is 37.0 Å². The number of hydrogen-bond donors (Lipinski definition) is 1. The highest BCUT2D eigenvalue weighted by molar-refractivity contribution is 5.85. The Balaban J connectivity index is 0.00000208. The second-order valence-corrected chi connectivity index (χ2v) is 7.10. The third-order valence-corrected chi connectivity index (χ3v) is 5.42. The second kappa shape index (κ2) is 8.21. The van der Waals surface area contributed by atoms with Crippen molar-refractivity contribution in [3.8, 4) is 5.75 Å². The first-order valence-electron chi connectivity index (χ1n) is 8.73. The lowest BCUT2D eigenvalue weighted by atomic mass is 9.85. The van der Waals surface area contributed by atoms with Crippen molar-refractivity contribution in [3.63, 3.8) is 0 Å². The minimum Gasteiger partial charge on any atom is -0.496 e. The average molecular weight is 353 g/mol. The van der Waals surface area contributed by atoms with Crippen LogP contribution in [0.1, 0.15) is 43.2 Å². The number of carbonyl (C=O) groups excluding carboxylic acids is 1. The van der Waals surface area contributed by atoms with Crippen molar-refractivity contribution in [2.24, 2.45) is 5.92 Å². The van der Waals surface area contributed by atoms with Gasteiger partial charge in [-0.1, -0.05) is 25.0 Å². The van der Waals surface area contributed by atoms with Gasteiger partial charge in [0.2, 0.25) is 5.91 Å². The lowest BCUT2D eigenvalue weighted by Gasteiger charge is -2.24. The van der Waals surface area contributed by atoms with Gasteiger partial charge in [0, 0.05) is 19.6 Å². The summed E-state index contributed by atoms with van der Waals surface area (Å²) in [4.78, 5) is 14.6. The molecule has 1 aliphatic carbocycles. The number of benzene rings is 1. The maximum absolute atomic E-state index is 12.7. The summed E-state index contributed by atoms with van der Waals surface area (Å²) < 4.78 is 5.30. The van der Waals surface area contributed by atoms with Gasteiger partial charge in [0.05, 0.1) is 13.2 Å². The van der Waals surface area contributed by atoms with E-state index in [1.165, 1.54) is 25.7 Å². The van der Waals surface area contributed by atoms with Gasteiger partial charge in [0.15, 0.2) is 0 Å². The first-order chi connectivity index (χ1) is 11.1. The van der Waals surface area contributed by atoms with Gasteiger partial charge in [0.25, 0.3) is 0 Å². The molecule has 3 rings (SSSR count). The zero-order chi connectivity index (χ0) is 16.4. The van der Waals surface area contributed by atoms with Gasteiger partial charge < -0.3 is 15.0 Å². The predicted octanol–water partition coefficient (Wildman–Crippen LogP) is 3.30. The summed E-state index contributed by atoms with van der Waals surface area (Å²) in [5.74, 6) is 1.83. The molecular formula is C19H29ClN2O2. The Bertz CT molecular complexity index is 564.